The van der Waals surface area contributed by atoms with Crippen LogP contribution in [0.15, 0.2) is 306 Å². The standard InChI is InChI=1S/C21H18F3N3O2.C21H18N2O3.C17H12N2O4.C13H13N3O2.C13H12N2O4/c1-13-10-16(12-25-26-18-8-6-15(7-9-18)20(28)29)14(2)27(13)19-5-3-4-17(11-19)21(22,23)24;24-21(25)18-8-10-19(11-9-18)23-22-14-16-6-12-20(13-7-16)26-15-17-4-2-1-3-5-17;20-16-12(10-23-15-4-2-1-3-14(15)16)9-18-19-13-7-5-11(6-8-13)17(21)22;1-16-8-2-3-12(16)9-14-15-11-6-4-10(5-7-11)13(17)18;16-8-12-6-5-11(19-12)7-14-15-10-3-1-9(2-4-10)13(17)18/h3-12,26H,1-2H3,(H,28,29);1-14,23H,15H2,(H,24,25);1-10,19H,(H,21,22);2-9,15H,1H3,(H,17,18);1-7,15-16H,8H2,(H,17,18)/b25-12+;22-14+;18-9+;14-9+;14-7+. The number of halogens is 3. The molecule has 11 N–H and O–H groups in total. The van der Waals surface area contributed by atoms with Gasteiger partial charge in [0, 0.05) is 35.9 Å². The number of alkyl halides is 3. The third kappa shape index (κ3) is 25.7. The molecule has 9 aromatic carbocycles. The van der Waals surface area contributed by atoms with Crippen LogP contribution >= 0.6 is 0 Å². The molecule has 0 unspecified atom stereocenters. The molecule has 0 bridgehead atoms. The number of para-hydroxylation sites is 1. The highest BCUT2D eigenvalue weighted by molar-refractivity contribution is 5.92. The molecule has 0 amide bonds. The summed E-state index contributed by atoms with van der Waals surface area (Å²) in [5.74, 6) is -3.09. The van der Waals surface area contributed by atoms with E-state index in [-0.39, 0.29) is 39.9 Å². The van der Waals surface area contributed by atoms with E-state index in [9.17, 15) is 41.9 Å². The summed E-state index contributed by atoms with van der Waals surface area (Å²) in [6.45, 7) is 3.99. The van der Waals surface area contributed by atoms with Crippen LogP contribution < -0.4 is 37.3 Å². The number of carbonyl (C=O) groups is 5. The Hall–Kier alpha value is -15.7. The third-order valence-electron chi connectivity index (χ3n) is 16.2. The van der Waals surface area contributed by atoms with Crippen molar-refractivity contribution in [1.29, 1.82) is 0 Å². The van der Waals surface area contributed by atoms with Crippen LogP contribution in [0.5, 0.6) is 5.75 Å². The molecule has 0 aliphatic heterocycles. The predicted octanol–water partition coefficient (Wildman–Crippen LogP) is 16.7. The Morgan fingerprint density at radius 2 is 0.930 bits per heavy atom. The molecule has 4 heterocycles. The van der Waals surface area contributed by atoms with Crippen LogP contribution in [0.1, 0.15) is 108 Å². The average molecular weight is 1560 g/mol. The van der Waals surface area contributed by atoms with Gasteiger partial charge in [0.1, 0.15) is 42.3 Å². The zero-order valence-electron chi connectivity index (χ0n) is 61.3. The van der Waals surface area contributed by atoms with Crippen molar-refractivity contribution < 1.29 is 81.4 Å². The van der Waals surface area contributed by atoms with Crippen LogP contribution in [0, 0.1) is 13.8 Å². The van der Waals surface area contributed by atoms with E-state index in [0.717, 1.165) is 57.3 Å². The minimum Gasteiger partial charge on any atom is -0.489 e. The maximum absolute atomic E-state index is 13.0. The van der Waals surface area contributed by atoms with Crippen LogP contribution in [0.4, 0.5) is 41.6 Å². The average Bonchev–Trinajstić information content (AvgIpc) is 1.63. The van der Waals surface area contributed by atoms with Gasteiger partial charge < -0.3 is 53.3 Å². The molecule has 0 atom stereocenters. The third-order valence-corrected chi connectivity index (χ3v) is 16.2. The van der Waals surface area contributed by atoms with E-state index in [1.54, 1.807) is 133 Å². The number of aryl methyl sites for hydroxylation is 2. The Bertz CT molecular complexity index is 5650. The number of aromatic nitrogens is 2. The summed E-state index contributed by atoms with van der Waals surface area (Å²) in [5, 5.41) is 73.7. The summed E-state index contributed by atoms with van der Waals surface area (Å²) in [7, 11) is 1.93. The fourth-order valence-corrected chi connectivity index (χ4v) is 10.2. The van der Waals surface area contributed by atoms with Gasteiger partial charge >= 0.3 is 36.0 Å². The van der Waals surface area contributed by atoms with E-state index >= 15 is 0 Å². The van der Waals surface area contributed by atoms with E-state index in [0.29, 0.717) is 63.1 Å². The number of fused-ring (bicyclic) bond motifs is 1. The Morgan fingerprint density at radius 1 is 0.478 bits per heavy atom. The molecule has 13 aromatic rings. The van der Waals surface area contributed by atoms with Crippen molar-refractivity contribution in [2.24, 2.45) is 32.6 Å². The molecule has 0 fully saturated rings. The zero-order valence-corrected chi connectivity index (χ0v) is 61.3. The fourth-order valence-electron chi connectivity index (χ4n) is 10.2. The van der Waals surface area contributed by atoms with Gasteiger partial charge in [-0.2, -0.15) is 38.7 Å². The van der Waals surface area contributed by atoms with Crippen molar-refractivity contribution in [3.8, 4) is 11.4 Å². The van der Waals surface area contributed by atoms with Crippen LogP contribution in [-0.4, -0.2) is 101 Å². The molecule has 30 heteroatoms. The number of carboxylic acids is 5. The molecular formula is C85H73F3N12O15. The van der Waals surface area contributed by atoms with Gasteiger partial charge in [0.15, 0.2) is 0 Å². The van der Waals surface area contributed by atoms with Crippen LogP contribution in [-0.2, 0) is 26.4 Å². The molecule has 27 nitrogen and oxygen atoms in total. The SMILES string of the molecule is Cc1cc(/C=N/Nc2ccc(C(=O)O)cc2)c(C)n1-c1cccc(C(F)(F)F)c1.Cn1cccc1/C=N/Nc1ccc(C(=O)O)cc1.O=C(O)c1ccc(N/N=C/c2ccc(CO)o2)cc1.O=C(O)c1ccc(N/N=C/c2ccc(OCc3ccccc3)cc2)cc1.O=C(O)c1ccc(N/N=C/c2coc3ccccc3c2=O)cc1. The van der Waals surface area contributed by atoms with Crippen molar-refractivity contribution in [1.82, 2.24) is 9.13 Å². The highest BCUT2D eigenvalue weighted by Crippen LogP contribution is 2.32. The Kier molecular flexibility index (Phi) is 29.8. The number of hydrazone groups is 5. The van der Waals surface area contributed by atoms with E-state index in [1.165, 1.54) is 85.4 Å². The maximum atomic E-state index is 13.0. The number of carboxylic acid groups (broad SMARTS) is 5. The van der Waals surface area contributed by atoms with Gasteiger partial charge in [-0.3, -0.25) is 31.9 Å². The Balaban J connectivity index is 0.000000166. The van der Waals surface area contributed by atoms with E-state index < -0.39 is 41.6 Å². The van der Waals surface area contributed by atoms with E-state index in [2.05, 4.69) is 52.6 Å². The number of hydrogen-bond donors (Lipinski definition) is 11. The number of nitrogens with one attached hydrogen (secondary N) is 5. The molecule has 0 saturated carbocycles. The molecule has 0 spiro atoms. The number of aromatic carboxylic acids is 5. The predicted molar refractivity (Wildman–Crippen MR) is 433 cm³/mol. The normalized spacial score (nSPS) is 11.0. The van der Waals surface area contributed by atoms with Gasteiger partial charge in [-0.15, -0.1) is 0 Å². The number of nitrogens with zero attached hydrogens (tertiary/aromatic N) is 7. The van der Waals surface area contributed by atoms with Crippen molar-refractivity contribution in [2.45, 2.75) is 33.2 Å². The van der Waals surface area contributed by atoms with Gasteiger partial charge in [-0.1, -0.05) is 48.5 Å². The second-order valence-electron chi connectivity index (χ2n) is 24.3. The summed E-state index contributed by atoms with van der Waals surface area (Å²) in [4.78, 5) is 66.0. The van der Waals surface area contributed by atoms with Crippen LogP contribution in [0.3, 0.4) is 0 Å². The summed E-state index contributed by atoms with van der Waals surface area (Å²) in [6, 6.07) is 70.0. The highest BCUT2D eigenvalue weighted by atomic mass is 19.4. The van der Waals surface area contributed by atoms with Crippen molar-refractivity contribution in [3.63, 3.8) is 0 Å². The van der Waals surface area contributed by atoms with Gasteiger partial charge in [-0.25, -0.2) is 24.0 Å². The summed E-state index contributed by atoms with van der Waals surface area (Å²) in [6.07, 6.45) is 6.66. The zero-order chi connectivity index (χ0) is 82.2. The first kappa shape index (κ1) is 83.3. The molecule has 0 aliphatic rings. The number of ether oxygens (including phenoxy) is 1. The van der Waals surface area contributed by atoms with E-state index in [4.69, 9.17) is 44.2 Å². The minimum atomic E-state index is -4.41. The summed E-state index contributed by atoms with van der Waals surface area (Å²) < 4.78 is 59.1. The topological polar surface area (TPSA) is 391 Å². The lowest BCUT2D eigenvalue weighted by Crippen LogP contribution is -2.08. The second kappa shape index (κ2) is 41.2. The first-order valence-electron chi connectivity index (χ1n) is 34.4. The quantitative estimate of drug-likeness (QED) is 0.0187. The molecule has 0 aliphatic carbocycles. The second-order valence-corrected chi connectivity index (χ2v) is 24.3. The Labute approximate surface area is 653 Å². The van der Waals surface area contributed by atoms with Gasteiger partial charge in [0.25, 0.3) is 0 Å². The summed E-state index contributed by atoms with van der Waals surface area (Å²) >= 11 is 0. The van der Waals surface area contributed by atoms with Crippen LogP contribution in [0.2, 0.25) is 0 Å². The number of benzene rings is 9. The molecule has 0 radical (unpaired) electrons. The Morgan fingerprint density at radius 3 is 1.38 bits per heavy atom. The molecular weight excluding hydrogens is 1490 g/mol. The molecule has 0 saturated heterocycles. The van der Waals surface area contributed by atoms with Crippen LogP contribution in [0.25, 0.3) is 16.7 Å². The van der Waals surface area contributed by atoms with Gasteiger partial charge in [0.2, 0.25) is 5.43 Å². The molecule has 584 valence electrons. The fraction of sp³-hybridized carbons (Fsp3) is 0.0706. The lowest BCUT2D eigenvalue weighted by atomic mass is 10.2. The number of anilines is 5. The number of hydrogen-bond acceptors (Lipinski definition) is 20. The molecule has 4 aromatic heterocycles. The number of aliphatic hydroxyl groups is 1. The molecule has 115 heavy (non-hydrogen) atoms. The highest BCUT2D eigenvalue weighted by Gasteiger charge is 2.31. The van der Waals surface area contributed by atoms with Gasteiger partial charge in [0.05, 0.1) is 110 Å². The monoisotopic (exact) mass is 1560 g/mol. The number of aliphatic hydroxyl groups excluding tert-OH is 1. The first-order valence-corrected chi connectivity index (χ1v) is 34.4. The van der Waals surface area contributed by atoms with Crippen molar-refractivity contribution in [2.75, 3.05) is 27.1 Å². The maximum Gasteiger partial charge on any atom is 0.416 e. The summed E-state index contributed by atoms with van der Waals surface area (Å²) in [5.41, 5.74) is 24.1. The number of furan rings is 1. The molecule has 13 rings (SSSR count). The largest absolute Gasteiger partial charge is 0.489 e. The van der Waals surface area contributed by atoms with Gasteiger partial charge in [-0.05, 0) is 231 Å². The van der Waals surface area contributed by atoms with Crippen molar-refractivity contribution >= 4 is 100 Å². The smallest absolute Gasteiger partial charge is 0.416 e. The lowest BCUT2D eigenvalue weighted by molar-refractivity contribution is -0.137. The minimum absolute atomic E-state index is 0.155. The lowest BCUT2D eigenvalue weighted by Gasteiger charge is -2.13. The van der Waals surface area contributed by atoms with Crippen molar-refractivity contribution in [3.05, 3.63) is 362 Å². The number of rotatable bonds is 25. The van der Waals surface area contributed by atoms with E-state index in [1.807, 2.05) is 97.5 Å². The first-order chi connectivity index (χ1) is 55.4.